The second-order valence-corrected chi connectivity index (χ2v) is 7.48. The van der Waals surface area contributed by atoms with Crippen LogP contribution < -0.4 is 0 Å². The summed E-state index contributed by atoms with van der Waals surface area (Å²) in [6, 6.07) is 10.0. The molecule has 140 valence electrons. The number of aromatic nitrogens is 5. The fourth-order valence-electron chi connectivity index (χ4n) is 3.66. The molecule has 0 unspecified atom stereocenters. The highest BCUT2D eigenvalue weighted by atomic mass is 32.1. The molecule has 0 amide bonds. The lowest BCUT2D eigenvalue weighted by molar-refractivity contribution is 0.336. The lowest BCUT2D eigenvalue weighted by atomic mass is 9.86. The minimum absolute atomic E-state index is 0.528. The van der Waals surface area contributed by atoms with E-state index in [1.807, 2.05) is 41.2 Å². The Hall–Kier alpha value is -2.54. The first kappa shape index (κ1) is 17.9. The Kier molecular flexibility index (Phi) is 5.58. The van der Waals surface area contributed by atoms with Crippen LogP contribution in [0.2, 0.25) is 0 Å². The standard InChI is InChI=1S/C20H24N6S/c27-20-24-23-19(12-11-16-7-3-1-4-8-16)26(20)22-14-17-13-21-25(15-17)18-9-5-2-6-10-18/h2,5-6,9-10,13-16H,1,3-4,7-8,11-12H2,(H,24,27)/b22-14-. The highest BCUT2D eigenvalue weighted by Gasteiger charge is 2.15. The number of para-hydroxylation sites is 1. The first-order valence-corrected chi connectivity index (χ1v) is 10.0. The average Bonchev–Trinajstić information content (AvgIpc) is 3.33. The van der Waals surface area contributed by atoms with Crippen molar-refractivity contribution in [1.29, 1.82) is 0 Å². The molecule has 0 saturated heterocycles. The number of nitrogens with one attached hydrogen (secondary N) is 1. The minimum atomic E-state index is 0.528. The normalized spacial score (nSPS) is 15.6. The molecule has 1 fully saturated rings. The van der Waals surface area contributed by atoms with Gasteiger partial charge in [-0.05, 0) is 36.7 Å². The molecule has 4 rings (SSSR count). The van der Waals surface area contributed by atoms with Crippen molar-refractivity contribution in [1.82, 2.24) is 24.7 Å². The number of hydrogen-bond donors (Lipinski definition) is 1. The highest BCUT2D eigenvalue weighted by Crippen LogP contribution is 2.27. The molecule has 7 heteroatoms. The van der Waals surface area contributed by atoms with Crippen molar-refractivity contribution < 1.29 is 0 Å². The summed E-state index contributed by atoms with van der Waals surface area (Å²) in [6.07, 6.45) is 14.4. The Morgan fingerprint density at radius 1 is 1.19 bits per heavy atom. The molecule has 6 nitrogen and oxygen atoms in total. The number of benzene rings is 1. The predicted molar refractivity (Wildman–Crippen MR) is 109 cm³/mol. The molecule has 3 aromatic rings. The van der Waals surface area contributed by atoms with Crippen LogP contribution in [-0.4, -0.2) is 30.9 Å². The van der Waals surface area contributed by atoms with Gasteiger partial charge in [-0.1, -0.05) is 50.3 Å². The number of nitrogens with zero attached hydrogens (tertiary/aromatic N) is 5. The van der Waals surface area contributed by atoms with Crippen molar-refractivity contribution >= 4 is 18.4 Å². The molecular formula is C20H24N6S. The smallest absolute Gasteiger partial charge is 0.216 e. The van der Waals surface area contributed by atoms with Crippen LogP contribution in [0.1, 0.15) is 49.9 Å². The van der Waals surface area contributed by atoms with Crippen molar-refractivity contribution in [3.8, 4) is 5.69 Å². The fraction of sp³-hybridized carbons (Fsp3) is 0.400. The zero-order valence-electron chi connectivity index (χ0n) is 15.3. The number of hydrogen-bond acceptors (Lipinski definition) is 4. The quantitative estimate of drug-likeness (QED) is 0.505. The van der Waals surface area contributed by atoms with Gasteiger partial charge in [0.1, 0.15) is 0 Å². The van der Waals surface area contributed by atoms with Gasteiger partial charge in [-0.25, -0.2) is 4.68 Å². The molecule has 0 radical (unpaired) electrons. The van der Waals surface area contributed by atoms with Gasteiger partial charge >= 0.3 is 0 Å². The van der Waals surface area contributed by atoms with Crippen molar-refractivity contribution in [2.45, 2.75) is 44.9 Å². The number of aromatic amines is 1. The Labute approximate surface area is 163 Å². The maximum atomic E-state index is 5.35. The van der Waals surface area contributed by atoms with Crippen LogP contribution >= 0.6 is 12.2 Å². The van der Waals surface area contributed by atoms with E-state index in [2.05, 4.69) is 20.4 Å². The second-order valence-electron chi connectivity index (χ2n) is 7.10. The van der Waals surface area contributed by atoms with Gasteiger partial charge in [0.15, 0.2) is 5.82 Å². The van der Waals surface area contributed by atoms with E-state index >= 15 is 0 Å². The topological polar surface area (TPSA) is 63.8 Å². The summed E-state index contributed by atoms with van der Waals surface area (Å²) in [4.78, 5) is 0. The molecule has 0 atom stereocenters. The molecule has 27 heavy (non-hydrogen) atoms. The van der Waals surface area contributed by atoms with Crippen LogP contribution in [0.3, 0.4) is 0 Å². The van der Waals surface area contributed by atoms with Crippen molar-refractivity contribution in [3.63, 3.8) is 0 Å². The largest absolute Gasteiger partial charge is 0.250 e. The zero-order chi connectivity index (χ0) is 18.5. The summed E-state index contributed by atoms with van der Waals surface area (Å²) in [5, 5.41) is 16.2. The molecule has 2 heterocycles. The number of rotatable bonds is 6. The van der Waals surface area contributed by atoms with Gasteiger partial charge in [-0.15, -0.1) is 0 Å². The van der Waals surface area contributed by atoms with Crippen LogP contribution in [0, 0.1) is 10.7 Å². The summed E-state index contributed by atoms with van der Waals surface area (Å²) in [5.41, 5.74) is 1.94. The lowest BCUT2D eigenvalue weighted by Crippen LogP contribution is -2.09. The second kappa shape index (κ2) is 8.43. The third kappa shape index (κ3) is 4.42. The van der Waals surface area contributed by atoms with Crippen molar-refractivity contribution in [2.24, 2.45) is 11.0 Å². The van der Waals surface area contributed by atoms with E-state index in [-0.39, 0.29) is 0 Å². The van der Waals surface area contributed by atoms with E-state index in [1.165, 1.54) is 32.1 Å². The molecule has 1 saturated carbocycles. The Balaban J connectivity index is 1.45. The maximum Gasteiger partial charge on any atom is 0.216 e. The molecule has 0 aliphatic heterocycles. The molecular weight excluding hydrogens is 356 g/mol. The molecule has 1 aliphatic carbocycles. The van der Waals surface area contributed by atoms with Gasteiger partial charge < -0.3 is 0 Å². The van der Waals surface area contributed by atoms with E-state index in [4.69, 9.17) is 12.2 Å². The third-order valence-corrected chi connectivity index (χ3v) is 5.43. The Bertz CT molecular complexity index is 946. The van der Waals surface area contributed by atoms with E-state index < -0.39 is 0 Å². The molecule has 1 aromatic carbocycles. The maximum absolute atomic E-state index is 5.35. The Morgan fingerprint density at radius 3 is 2.81 bits per heavy atom. The molecule has 1 aliphatic rings. The van der Waals surface area contributed by atoms with Crippen LogP contribution in [0.5, 0.6) is 0 Å². The minimum Gasteiger partial charge on any atom is -0.250 e. The van der Waals surface area contributed by atoms with Gasteiger partial charge in [0.05, 0.1) is 18.1 Å². The van der Waals surface area contributed by atoms with Gasteiger partial charge in [-0.2, -0.15) is 20.0 Å². The van der Waals surface area contributed by atoms with Crippen LogP contribution in [0.15, 0.2) is 47.8 Å². The first-order chi connectivity index (χ1) is 13.3. The molecule has 2 aromatic heterocycles. The van der Waals surface area contributed by atoms with Gasteiger partial charge in [0.25, 0.3) is 0 Å². The average molecular weight is 381 g/mol. The number of H-pyrrole nitrogens is 1. The first-order valence-electron chi connectivity index (χ1n) is 9.60. The molecule has 0 bridgehead atoms. The highest BCUT2D eigenvalue weighted by molar-refractivity contribution is 7.71. The van der Waals surface area contributed by atoms with E-state index in [1.54, 1.807) is 17.1 Å². The van der Waals surface area contributed by atoms with Gasteiger partial charge in [0.2, 0.25) is 4.77 Å². The summed E-state index contributed by atoms with van der Waals surface area (Å²) >= 11 is 5.35. The molecule has 1 N–H and O–H groups in total. The van der Waals surface area contributed by atoms with Gasteiger partial charge in [0, 0.05) is 18.2 Å². The fourth-order valence-corrected chi connectivity index (χ4v) is 3.86. The van der Waals surface area contributed by atoms with E-state index in [0.29, 0.717) is 4.77 Å². The summed E-state index contributed by atoms with van der Waals surface area (Å²) in [5.74, 6) is 1.71. The predicted octanol–water partition coefficient (Wildman–Crippen LogP) is 4.52. The van der Waals surface area contributed by atoms with Crippen LogP contribution in [-0.2, 0) is 6.42 Å². The summed E-state index contributed by atoms with van der Waals surface area (Å²) in [6.45, 7) is 0. The number of aryl methyl sites for hydroxylation is 1. The van der Waals surface area contributed by atoms with E-state index in [0.717, 1.165) is 35.8 Å². The van der Waals surface area contributed by atoms with Crippen molar-refractivity contribution in [3.05, 3.63) is 58.9 Å². The van der Waals surface area contributed by atoms with Crippen LogP contribution in [0.4, 0.5) is 0 Å². The molecule has 0 spiro atoms. The van der Waals surface area contributed by atoms with Crippen LogP contribution in [0.25, 0.3) is 5.69 Å². The monoisotopic (exact) mass is 380 g/mol. The van der Waals surface area contributed by atoms with E-state index in [9.17, 15) is 0 Å². The van der Waals surface area contributed by atoms with Gasteiger partial charge in [-0.3, -0.25) is 5.10 Å². The summed E-state index contributed by atoms with van der Waals surface area (Å²) < 4.78 is 4.10. The zero-order valence-corrected chi connectivity index (χ0v) is 16.1. The third-order valence-electron chi connectivity index (χ3n) is 5.16. The lowest BCUT2D eigenvalue weighted by Gasteiger charge is -2.20. The van der Waals surface area contributed by atoms with Crippen molar-refractivity contribution in [2.75, 3.05) is 0 Å². The summed E-state index contributed by atoms with van der Waals surface area (Å²) in [7, 11) is 0. The Morgan fingerprint density at radius 2 is 2.00 bits per heavy atom. The SMILES string of the molecule is S=c1[nH]nc(CCC2CCCCC2)n1/N=C\c1cnn(-c2ccccc2)c1.